The molecule has 164 valence electrons. The first-order valence-electron chi connectivity index (χ1n) is 12.1. The van der Waals surface area contributed by atoms with Gasteiger partial charge in [-0.15, -0.1) is 0 Å². The number of rotatable bonds is 1. The summed E-state index contributed by atoms with van der Waals surface area (Å²) in [5.74, 6) is 0.505. The van der Waals surface area contributed by atoms with Crippen molar-refractivity contribution in [3.05, 3.63) is 60.2 Å². The fourth-order valence-electron chi connectivity index (χ4n) is 8.03. The number of allylic oxidation sites excluding steroid dienone is 1. The average molecular weight is 429 g/mol. The minimum atomic E-state index is -0.241. The van der Waals surface area contributed by atoms with Crippen molar-refractivity contribution in [2.75, 3.05) is 0 Å². The molecule has 7 rings (SSSR count). The Morgan fingerprint density at radius 3 is 3.03 bits per heavy atom. The van der Waals surface area contributed by atoms with Crippen LogP contribution in [0.1, 0.15) is 64.3 Å². The van der Waals surface area contributed by atoms with Gasteiger partial charge in [0.1, 0.15) is 0 Å². The SMILES string of the molecule is C[C@]12CC=C3C=C4CC/C(=N\O)C[C@]45CC[C@]3(O5)[C@@H]1CC[C@@H]2[n+]1ccc2ccncc2c1. The molecule has 3 aliphatic carbocycles. The smallest absolute Gasteiger partial charge is 0.178 e. The molecule has 32 heavy (non-hydrogen) atoms. The monoisotopic (exact) mass is 428 g/mol. The van der Waals surface area contributed by atoms with E-state index in [2.05, 4.69) is 58.3 Å². The highest BCUT2D eigenvalue weighted by Gasteiger charge is 2.68. The van der Waals surface area contributed by atoms with Gasteiger partial charge in [0.25, 0.3) is 0 Å². The molecule has 0 aromatic carbocycles. The summed E-state index contributed by atoms with van der Waals surface area (Å²) in [6, 6.07) is 4.76. The number of pyridine rings is 2. The van der Waals surface area contributed by atoms with E-state index in [0.29, 0.717) is 12.0 Å². The van der Waals surface area contributed by atoms with E-state index in [-0.39, 0.29) is 16.6 Å². The molecular formula is C27H30N3O2+. The van der Waals surface area contributed by atoms with Gasteiger partial charge in [0.2, 0.25) is 0 Å². The molecule has 0 amide bonds. The number of nitrogens with zero attached hydrogens (tertiary/aromatic N) is 3. The average Bonchev–Trinajstić information content (AvgIpc) is 3.33. The number of hydrogen-bond acceptors (Lipinski definition) is 4. The molecule has 2 saturated carbocycles. The van der Waals surface area contributed by atoms with Crippen molar-refractivity contribution >= 4 is 16.5 Å². The third-order valence-corrected chi connectivity index (χ3v) is 9.57. The lowest BCUT2D eigenvalue weighted by Crippen LogP contribution is -2.56. The van der Waals surface area contributed by atoms with Crippen LogP contribution in [0.15, 0.2) is 65.4 Å². The summed E-state index contributed by atoms with van der Waals surface area (Å²) in [5, 5.41) is 15.5. The van der Waals surface area contributed by atoms with Crippen molar-refractivity contribution in [2.45, 2.75) is 75.5 Å². The molecule has 2 spiro atoms. The van der Waals surface area contributed by atoms with Gasteiger partial charge in [-0.1, -0.05) is 24.2 Å². The van der Waals surface area contributed by atoms with Crippen LogP contribution < -0.4 is 4.57 Å². The van der Waals surface area contributed by atoms with Gasteiger partial charge in [-0.05, 0) is 61.1 Å². The maximum Gasteiger partial charge on any atom is 0.178 e. The van der Waals surface area contributed by atoms with Gasteiger partial charge in [-0.25, -0.2) is 4.57 Å². The van der Waals surface area contributed by atoms with Crippen LogP contribution in [-0.4, -0.2) is 27.1 Å². The van der Waals surface area contributed by atoms with Crippen LogP contribution >= 0.6 is 0 Å². The molecular weight excluding hydrogens is 398 g/mol. The Bertz CT molecular complexity index is 1230. The second-order valence-corrected chi connectivity index (χ2v) is 10.9. The Hall–Kier alpha value is -2.53. The van der Waals surface area contributed by atoms with E-state index in [1.54, 1.807) is 0 Å². The Labute approximate surface area is 188 Å². The van der Waals surface area contributed by atoms with E-state index in [9.17, 15) is 5.21 Å². The normalized spacial score (nSPS) is 41.1. The Balaban J connectivity index is 1.30. The molecule has 4 heterocycles. The van der Waals surface area contributed by atoms with Gasteiger partial charge in [-0.3, -0.25) is 4.98 Å². The molecule has 5 nitrogen and oxygen atoms in total. The first-order chi connectivity index (χ1) is 15.6. The molecule has 2 bridgehead atoms. The van der Waals surface area contributed by atoms with Crippen LogP contribution in [0.2, 0.25) is 0 Å². The van der Waals surface area contributed by atoms with Crippen molar-refractivity contribution in [3.63, 3.8) is 0 Å². The summed E-state index contributed by atoms with van der Waals surface area (Å²) in [5.41, 5.74) is 3.50. The highest BCUT2D eigenvalue weighted by Crippen LogP contribution is 2.67. The van der Waals surface area contributed by atoms with Gasteiger partial charge in [0, 0.05) is 42.6 Å². The van der Waals surface area contributed by atoms with E-state index in [1.165, 1.54) is 34.8 Å². The second-order valence-electron chi connectivity index (χ2n) is 10.9. The molecule has 0 unspecified atom stereocenters. The standard InChI is InChI=1S/C27H29N3O2/c1-25-9-6-21-14-20-2-3-22(29-31)15-26(20)10-11-27(21,32-26)23(25)4-5-24(25)30-13-8-18-7-12-28-16-19(18)17-30/h6-8,12-14,16-17,23-24H,2-5,9-11,15H2,1H3/p+1/b29-22+/t23-,24+,25+,26-,27-/m1/s1. The van der Waals surface area contributed by atoms with E-state index in [4.69, 9.17) is 4.74 Å². The molecule has 2 aliphatic heterocycles. The van der Waals surface area contributed by atoms with Gasteiger partial charge in [0.05, 0.1) is 22.3 Å². The zero-order valence-electron chi connectivity index (χ0n) is 18.6. The summed E-state index contributed by atoms with van der Waals surface area (Å²) in [6.45, 7) is 2.49. The first-order valence-corrected chi connectivity index (χ1v) is 12.1. The van der Waals surface area contributed by atoms with E-state index < -0.39 is 0 Å². The summed E-state index contributed by atoms with van der Waals surface area (Å²) in [4.78, 5) is 4.34. The topological polar surface area (TPSA) is 58.6 Å². The molecule has 3 fully saturated rings. The molecule has 2 aromatic rings. The predicted molar refractivity (Wildman–Crippen MR) is 121 cm³/mol. The highest BCUT2D eigenvalue weighted by atomic mass is 16.5. The number of aromatic nitrogens is 2. The minimum Gasteiger partial charge on any atom is -0.411 e. The van der Waals surface area contributed by atoms with Crippen LogP contribution in [-0.2, 0) is 4.74 Å². The summed E-state index contributed by atoms with van der Waals surface area (Å²) < 4.78 is 9.65. The van der Waals surface area contributed by atoms with Crippen molar-refractivity contribution in [3.8, 4) is 0 Å². The van der Waals surface area contributed by atoms with E-state index in [0.717, 1.165) is 44.2 Å². The minimum absolute atomic E-state index is 0.156. The number of fused-ring (bicyclic) bond motifs is 2. The third kappa shape index (κ3) is 2.30. The van der Waals surface area contributed by atoms with E-state index >= 15 is 0 Å². The molecule has 5 aliphatic rings. The zero-order valence-corrected chi connectivity index (χ0v) is 18.6. The van der Waals surface area contributed by atoms with Crippen molar-refractivity contribution in [2.24, 2.45) is 16.5 Å². The lowest BCUT2D eigenvalue weighted by atomic mass is 9.60. The van der Waals surface area contributed by atoms with Gasteiger partial charge in [-0.2, -0.15) is 0 Å². The molecule has 2 aromatic heterocycles. The van der Waals surface area contributed by atoms with Crippen molar-refractivity contribution in [1.29, 1.82) is 0 Å². The lowest BCUT2D eigenvalue weighted by Gasteiger charge is -2.52. The summed E-state index contributed by atoms with van der Waals surface area (Å²) >= 11 is 0. The maximum atomic E-state index is 9.46. The number of ether oxygens (including phenoxy) is 1. The fraction of sp³-hybridized carbons (Fsp3) is 0.519. The molecule has 1 saturated heterocycles. The van der Waals surface area contributed by atoms with Gasteiger partial charge < -0.3 is 9.94 Å². The Kier molecular flexibility index (Phi) is 3.73. The quantitative estimate of drug-likeness (QED) is 0.393. The van der Waals surface area contributed by atoms with Crippen molar-refractivity contribution in [1.82, 2.24) is 4.98 Å². The lowest BCUT2D eigenvalue weighted by molar-refractivity contribution is -0.734. The Morgan fingerprint density at radius 1 is 1.19 bits per heavy atom. The largest absolute Gasteiger partial charge is 0.411 e. The number of hydrogen-bond donors (Lipinski definition) is 1. The molecule has 5 atom stereocenters. The molecule has 5 heteroatoms. The first kappa shape index (κ1) is 19.0. The zero-order chi connectivity index (χ0) is 21.6. The van der Waals surface area contributed by atoms with Gasteiger partial charge in [0.15, 0.2) is 18.4 Å². The second kappa shape index (κ2) is 6.28. The summed E-state index contributed by atoms with van der Waals surface area (Å²) in [7, 11) is 0. The van der Waals surface area contributed by atoms with Crippen LogP contribution in [0.5, 0.6) is 0 Å². The van der Waals surface area contributed by atoms with Crippen LogP contribution in [0.4, 0.5) is 0 Å². The third-order valence-electron chi connectivity index (χ3n) is 9.57. The Morgan fingerprint density at radius 2 is 2.12 bits per heavy atom. The van der Waals surface area contributed by atoms with Gasteiger partial charge >= 0.3 is 0 Å². The van der Waals surface area contributed by atoms with E-state index in [1.807, 2.05) is 12.4 Å². The predicted octanol–water partition coefficient (Wildman–Crippen LogP) is 5.05. The molecule has 0 radical (unpaired) electrons. The van der Waals surface area contributed by atoms with Crippen LogP contribution in [0.25, 0.3) is 10.8 Å². The maximum absolute atomic E-state index is 9.46. The highest BCUT2D eigenvalue weighted by molar-refractivity contribution is 5.87. The number of oxime groups is 1. The summed E-state index contributed by atoms with van der Waals surface area (Å²) in [6.07, 6.45) is 21.5. The molecule has 1 N–H and O–H groups in total. The fourth-order valence-corrected chi connectivity index (χ4v) is 8.03. The van der Waals surface area contributed by atoms with Crippen LogP contribution in [0, 0.1) is 11.3 Å². The van der Waals surface area contributed by atoms with Crippen LogP contribution in [0.3, 0.4) is 0 Å². The van der Waals surface area contributed by atoms with Crippen molar-refractivity contribution < 1.29 is 14.5 Å².